The lowest BCUT2D eigenvalue weighted by atomic mass is 9.93. The van der Waals surface area contributed by atoms with E-state index in [1.165, 1.54) is 0 Å². The van der Waals surface area contributed by atoms with E-state index in [-0.39, 0.29) is 18.5 Å². The minimum atomic E-state index is -0.127. The number of aliphatic hydroxyl groups is 1. The Hall–Kier alpha value is -2.86. The number of rotatable bonds is 2. The summed E-state index contributed by atoms with van der Waals surface area (Å²) in [5, 5.41) is 18.3. The summed E-state index contributed by atoms with van der Waals surface area (Å²) in [5.74, 6) is 6.11. The van der Waals surface area contributed by atoms with Crippen LogP contribution in [0.1, 0.15) is 41.8 Å². The van der Waals surface area contributed by atoms with Gasteiger partial charge in [0.2, 0.25) is 0 Å². The highest BCUT2D eigenvalue weighted by Gasteiger charge is 2.28. The van der Waals surface area contributed by atoms with Crippen LogP contribution in [0, 0.1) is 23.2 Å². The molecule has 3 N–H and O–H groups in total. The Morgan fingerprint density at radius 2 is 2.12 bits per heavy atom. The molecule has 1 aliphatic rings. The van der Waals surface area contributed by atoms with Crippen molar-refractivity contribution in [3.63, 3.8) is 0 Å². The van der Waals surface area contributed by atoms with Gasteiger partial charge in [0.05, 0.1) is 25.0 Å². The molecular weight excluding hydrogens is 302 g/mol. The van der Waals surface area contributed by atoms with Gasteiger partial charge in [-0.2, -0.15) is 5.26 Å². The summed E-state index contributed by atoms with van der Waals surface area (Å²) in [6, 6.07) is 9.79. The smallest absolute Gasteiger partial charge is 0.142 e. The summed E-state index contributed by atoms with van der Waals surface area (Å²) in [4.78, 5) is 4.34. The van der Waals surface area contributed by atoms with Crippen molar-refractivity contribution < 1.29 is 9.84 Å². The zero-order chi connectivity index (χ0) is 17.1. The van der Waals surface area contributed by atoms with Gasteiger partial charge in [0.1, 0.15) is 17.5 Å². The normalized spacial score (nSPS) is 15.3. The Kier molecular flexibility index (Phi) is 4.48. The highest BCUT2D eigenvalue weighted by Crippen LogP contribution is 2.39. The van der Waals surface area contributed by atoms with E-state index in [2.05, 4.69) is 22.9 Å². The topological polar surface area (TPSA) is 92.2 Å². The molecule has 0 radical (unpaired) electrons. The van der Waals surface area contributed by atoms with Crippen LogP contribution in [0.3, 0.4) is 0 Å². The standard InChI is InChI=1S/C19H17N3O2/c1-12-18-16(11-24-12)17(15(10-20)19(21)22-18)14-7-5-13(6-8-14)4-2-3-9-23/h5-8,12,23H,3,9,11H2,1H3,(H2,21,22)/t12-/m0/s1. The molecule has 0 aliphatic carbocycles. The van der Waals surface area contributed by atoms with Gasteiger partial charge in [0.25, 0.3) is 0 Å². The molecule has 5 heteroatoms. The summed E-state index contributed by atoms with van der Waals surface area (Å²) >= 11 is 0. The van der Waals surface area contributed by atoms with Crippen molar-refractivity contribution in [1.29, 1.82) is 5.26 Å². The van der Waals surface area contributed by atoms with Gasteiger partial charge in [-0.3, -0.25) is 0 Å². The first-order valence-corrected chi connectivity index (χ1v) is 7.69. The van der Waals surface area contributed by atoms with Crippen molar-refractivity contribution >= 4 is 5.82 Å². The first-order valence-electron chi connectivity index (χ1n) is 7.69. The molecule has 0 bridgehead atoms. The highest BCUT2D eigenvalue weighted by atomic mass is 16.5. The molecule has 3 rings (SSSR count). The lowest BCUT2D eigenvalue weighted by molar-refractivity contribution is 0.0780. The number of aliphatic hydroxyl groups excluding tert-OH is 1. The molecule has 1 atom stereocenters. The van der Waals surface area contributed by atoms with E-state index >= 15 is 0 Å². The van der Waals surface area contributed by atoms with E-state index in [1.807, 2.05) is 31.2 Å². The van der Waals surface area contributed by atoms with E-state index < -0.39 is 0 Å². The molecule has 0 fully saturated rings. The van der Waals surface area contributed by atoms with Gasteiger partial charge in [0, 0.05) is 23.1 Å². The molecule has 1 aliphatic heterocycles. The molecule has 0 unspecified atom stereocenters. The lowest BCUT2D eigenvalue weighted by Crippen LogP contribution is -2.04. The zero-order valence-corrected chi connectivity index (χ0v) is 13.3. The second-order valence-electron chi connectivity index (χ2n) is 5.53. The van der Waals surface area contributed by atoms with Gasteiger partial charge >= 0.3 is 0 Å². The fourth-order valence-corrected chi connectivity index (χ4v) is 2.80. The summed E-state index contributed by atoms with van der Waals surface area (Å²) < 4.78 is 5.66. The Morgan fingerprint density at radius 1 is 1.38 bits per heavy atom. The van der Waals surface area contributed by atoms with Crippen LogP contribution in [0.5, 0.6) is 0 Å². The average molecular weight is 319 g/mol. The van der Waals surface area contributed by atoms with Crippen LogP contribution < -0.4 is 5.73 Å². The van der Waals surface area contributed by atoms with Crippen LogP contribution in [-0.2, 0) is 11.3 Å². The maximum absolute atomic E-state index is 9.50. The van der Waals surface area contributed by atoms with Crippen molar-refractivity contribution in [2.24, 2.45) is 0 Å². The molecule has 0 amide bonds. The number of nitrogens with two attached hydrogens (primary N) is 1. The predicted octanol–water partition coefficient (Wildman–Crippen LogP) is 2.53. The molecule has 0 saturated carbocycles. The highest BCUT2D eigenvalue weighted by molar-refractivity contribution is 5.79. The molecule has 1 aromatic heterocycles. The van der Waals surface area contributed by atoms with Gasteiger partial charge in [-0.05, 0) is 24.6 Å². The van der Waals surface area contributed by atoms with Crippen LogP contribution in [-0.4, -0.2) is 16.7 Å². The first kappa shape index (κ1) is 16.0. The number of nitrogens with zero attached hydrogens (tertiary/aromatic N) is 2. The summed E-state index contributed by atoms with van der Waals surface area (Å²) in [7, 11) is 0. The van der Waals surface area contributed by atoms with E-state index in [1.54, 1.807) is 0 Å². The predicted molar refractivity (Wildman–Crippen MR) is 90.6 cm³/mol. The molecule has 2 aromatic rings. The van der Waals surface area contributed by atoms with Gasteiger partial charge in [0.15, 0.2) is 0 Å². The van der Waals surface area contributed by atoms with Crippen molar-refractivity contribution in [3.05, 3.63) is 46.6 Å². The number of anilines is 1. The van der Waals surface area contributed by atoms with Gasteiger partial charge < -0.3 is 15.6 Å². The molecule has 24 heavy (non-hydrogen) atoms. The van der Waals surface area contributed by atoms with Crippen molar-refractivity contribution in [2.45, 2.75) is 26.1 Å². The van der Waals surface area contributed by atoms with Crippen molar-refractivity contribution in [3.8, 4) is 29.0 Å². The Bertz CT molecular complexity index is 871. The maximum atomic E-state index is 9.50. The number of ether oxygens (including phenoxy) is 1. The third-order valence-corrected chi connectivity index (χ3v) is 3.98. The van der Waals surface area contributed by atoms with Gasteiger partial charge in [-0.1, -0.05) is 24.0 Å². The third-order valence-electron chi connectivity index (χ3n) is 3.98. The maximum Gasteiger partial charge on any atom is 0.142 e. The minimum absolute atomic E-state index is 0.0528. The molecule has 120 valence electrons. The van der Waals surface area contributed by atoms with Crippen molar-refractivity contribution in [1.82, 2.24) is 4.98 Å². The second-order valence-corrected chi connectivity index (χ2v) is 5.53. The number of benzene rings is 1. The molecule has 5 nitrogen and oxygen atoms in total. The third kappa shape index (κ3) is 2.83. The number of pyridine rings is 1. The second kappa shape index (κ2) is 6.72. The molecule has 2 heterocycles. The number of nitrogen functional groups attached to an aromatic ring is 1. The van der Waals surface area contributed by atoms with E-state index in [0.717, 1.165) is 27.9 Å². The number of hydrogen-bond donors (Lipinski definition) is 2. The van der Waals surface area contributed by atoms with Gasteiger partial charge in [-0.25, -0.2) is 4.98 Å². The fourth-order valence-electron chi connectivity index (χ4n) is 2.80. The Labute approximate surface area is 140 Å². The molecular formula is C19H17N3O2. The van der Waals surface area contributed by atoms with Crippen LogP contribution >= 0.6 is 0 Å². The van der Waals surface area contributed by atoms with Crippen LogP contribution in [0.25, 0.3) is 11.1 Å². The monoisotopic (exact) mass is 319 g/mol. The first-order chi connectivity index (χ1) is 11.7. The quantitative estimate of drug-likeness (QED) is 0.830. The number of hydrogen-bond acceptors (Lipinski definition) is 5. The largest absolute Gasteiger partial charge is 0.395 e. The summed E-state index contributed by atoms with van der Waals surface area (Å²) in [6.07, 6.45) is 0.321. The van der Waals surface area contributed by atoms with E-state index in [4.69, 9.17) is 15.6 Å². The van der Waals surface area contributed by atoms with E-state index in [9.17, 15) is 5.26 Å². The molecule has 0 spiro atoms. The zero-order valence-electron chi connectivity index (χ0n) is 13.3. The number of fused-ring (bicyclic) bond motifs is 1. The summed E-state index contributed by atoms with van der Waals surface area (Å²) in [6.45, 7) is 2.40. The molecule has 1 aromatic carbocycles. The van der Waals surface area contributed by atoms with Crippen LogP contribution in [0.2, 0.25) is 0 Å². The summed E-state index contributed by atoms with van der Waals surface area (Å²) in [5.41, 5.74) is 10.6. The SMILES string of the molecule is C[C@@H]1OCc2c1nc(N)c(C#N)c2-c1ccc(C#CCCO)cc1. The average Bonchev–Trinajstić information content (AvgIpc) is 2.95. The van der Waals surface area contributed by atoms with Crippen molar-refractivity contribution in [2.75, 3.05) is 12.3 Å². The van der Waals surface area contributed by atoms with E-state index in [0.29, 0.717) is 18.6 Å². The minimum Gasteiger partial charge on any atom is -0.395 e. The molecule has 0 saturated heterocycles. The Morgan fingerprint density at radius 3 is 2.79 bits per heavy atom. The lowest BCUT2D eigenvalue weighted by Gasteiger charge is -2.12. The van der Waals surface area contributed by atoms with Crippen LogP contribution in [0.15, 0.2) is 24.3 Å². The Balaban J connectivity index is 2.09. The van der Waals surface area contributed by atoms with Crippen LogP contribution in [0.4, 0.5) is 5.82 Å². The number of aromatic nitrogens is 1. The fraction of sp³-hybridized carbons (Fsp3) is 0.263. The van der Waals surface area contributed by atoms with Gasteiger partial charge in [-0.15, -0.1) is 0 Å². The number of nitriles is 1.